The lowest BCUT2D eigenvalue weighted by Crippen LogP contribution is -2.18. The maximum absolute atomic E-state index is 12.1. The molecule has 0 aliphatic carbocycles. The largest absolute Gasteiger partial charge is 0.493 e. The van der Waals surface area contributed by atoms with E-state index < -0.39 is 11.6 Å². The molecule has 2 aromatic carbocycles. The average molecular weight is 382 g/mol. The zero-order valence-corrected chi connectivity index (χ0v) is 15.6. The maximum Gasteiger partial charge on any atom is 0.349 e. The molecule has 0 bridgehead atoms. The molecule has 0 aliphatic rings. The van der Waals surface area contributed by atoms with Gasteiger partial charge in [-0.15, -0.1) is 0 Å². The Hall–Kier alpha value is -3.61. The molecule has 0 fully saturated rings. The average Bonchev–Trinajstić information content (AvgIpc) is 2.66. The van der Waals surface area contributed by atoms with E-state index in [1.54, 1.807) is 24.3 Å². The molecule has 3 aromatic rings. The molecule has 0 saturated heterocycles. The first-order valence-corrected chi connectivity index (χ1v) is 8.44. The Labute approximate surface area is 160 Å². The fourth-order valence-electron chi connectivity index (χ4n) is 2.66. The molecule has 0 spiro atoms. The number of carbonyl (C=O) groups excluding carboxylic acids is 2. The molecule has 0 unspecified atom stereocenters. The predicted molar refractivity (Wildman–Crippen MR) is 101 cm³/mol. The minimum Gasteiger partial charge on any atom is -0.493 e. The van der Waals surface area contributed by atoms with E-state index in [1.165, 1.54) is 32.2 Å². The Morgan fingerprint density at radius 2 is 1.82 bits per heavy atom. The van der Waals surface area contributed by atoms with Crippen molar-refractivity contribution >= 4 is 22.7 Å². The van der Waals surface area contributed by atoms with Gasteiger partial charge in [-0.2, -0.15) is 0 Å². The molecule has 0 radical (unpaired) electrons. The number of methoxy groups -OCH3 is 1. The number of hydrogen-bond donors (Lipinski definition) is 0. The quantitative estimate of drug-likeness (QED) is 0.279. The Kier molecular flexibility index (Phi) is 5.44. The van der Waals surface area contributed by atoms with E-state index in [4.69, 9.17) is 18.6 Å². The lowest BCUT2D eigenvalue weighted by Gasteiger charge is -2.11. The van der Waals surface area contributed by atoms with Crippen LogP contribution in [0.4, 0.5) is 0 Å². The lowest BCUT2D eigenvalue weighted by atomic mass is 10.1. The van der Waals surface area contributed by atoms with Gasteiger partial charge in [-0.05, 0) is 49.7 Å². The highest BCUT2D eigenvalue weighted by molar-refractivity contribution is 5.94. The molecule has 1 aromatic heterocycles. The molecule has 28 heavy (non-hydrogen) atoms. The first kappa shape index (κ1) is 19.2. The zero-order valence-electron chi connectivity index (χ0n) is 15.6. The second kappa shape index (κ2) is 7.96. The highest BCUT2D eigenvalue weighted by atomic mass is 16.6. The molecular weight excluding hydrogens is 364 g/mol. The summed E-state index contributed by atoms with van der Waals surface area (Å²) < 4.78 is 21.0. The van der Waals surface area contributed by atoms with E-state index in [2.05, 4.69) is 0 Å². The summed E-state index contributed by atoms with van der Waals surface area (Å²) in [4.78, 5) is 35.0. The van der Waals surface area contributed by atoms with Crippen LogP contribution in [0.1, 0.15) is 22.8 Å². The maximum atomic E-state index is 12.1. The molecule has 3 rings (SSSR count). The van der Waals surface area contributed by atoms with Crippen molar-refractivity contribution < 1.29 is 28.2 Å². The molecule has 0 amide bonds. The van der Waals surface area contributed by atoms with E-state index in [9.17, 15) is 14.4 Å². The first-order chi connectivity index (χ1) is 13.4. The van der Waals surface area contributed by atoms with Crippen molar-refractivity contribution in [1.29, 1.82) is 0 Å². The van der Waals surface area contributed by atoms with Crippen molar-refractivity contribution in [2.24, 2.45) is 0 Å². The fraction of sp³-hybridized carbons (Fsp3) is 0.190. The van der Waals surface area contributed by atoms with Crippen molar-refractivity contribution in [3.05, 3.63) is 64.0 Å². The third-order valence-corrected chi connectivity index (χ3v) is 4.07. The van der Waals surface area contributed by atoms with Gasteiger partial charge in [0, 0.05) is 23.1 Å². The summed E-state index contributed by atoms with van der Waals surface area (Å²) in [7, 11) is 1.41. The second-order valence-corrected chi connectivity index (χ2v) is 6.09. The predicted octanol–water partition coefficient (Wildman–Crippen LogP) is 3.30. The summed E-state index contributed by atoms with van der Waals surface area (Å²) in [5, 5.41) is 0.782. The van der Waals surface area contributed by atoms with Crippen LogP contribution < -0.4 is 19.8 Å². The van der Waals surface area contributed by atoms with E-state index >= 15 is 0 Å². The van der Waals surface area contributed by atoms with Crippen LogP contribution in [0.15, 0.2) is 51.7 Å². The van der Waals surface area contributed by atoms with Gasteiger partial charge in [-0.25, -0.2) is 9.59 Å². The summed E-state index contributed by atoms with van der Waals surface area (Å²) in [6.07, 6.45) is 0. The van der Waals surface area contributed by atoms with Crippen molar-refractivity contribution in [2.75, 3.05) is 13.7 Å². The number of carbonyl (C=O) groups is 2. The number of esters is 1. The van der Waals surface area contributed by atoms with Crippen LogP contribution in [0.2, 0.25) is 0 Å². The van der Waals surface area contributed by atoms with Crippen LogP contribution in [0.5, 0.6) is 17.2 Å². The Bertz CT molecular complexity index is 1110. The number of rotatable bonds is 6. The SMILES string of the molecule is COc1cc(C(C)=O)ccc1OC(=O)COc1ccc2c(C)cc(=O)oc2c1. The Morgan fingerprint density at radius 3 is 2.54 bits per heavy atom. The molecule has 7 nitrogen and oxygen atoms in total. The number of Topliss-reactive ketones (excluding diaryl/α,β-unsaturated/α-hetero) is 1. The molecular formula is C21H18O7. The van der Waals surface area contributed by atoms with Crippen LogP contribution >= 0.6 is 0 Å². The summed E-state index contributed by atoms with van der Waals surface area (Å²) in [5.41, 5.74) is 1.15. The number of ketones is 1. The summed E-state index contributed by atoms with van der Waals surface area (Å²) >= 11 is 0. The van der Waals surface area contributed by atoms with Gasteiger partial charge in [-0.3, -0.25) is 4.79 Å². The monoisotopic (exact) mass is 382 g/mol. The van der Waals surface area contributed by atoms with Crippen LogP contribution in [0.25, 0.3) is 11.0 Å². The third-order valence-electron chi connectivity index (χ3n) is 4.07. The molecule has 0 atom stereocenters. The summed E-state index contributed by atoms with van der Waals surface area (Å²) in [6, 6.07) is 10.9. The number of hydrogen-bond acceptors (Lipinski definition) is 7. The van der Waals surface area contributed by atoms with Crippen molar-refractivity contribution in [2.45, 2.75) is 13.8 Å². The number of benzene rings is 2. The number of ether oxygens (including phenoxy) is 3. The molecule has 144 valence electrons. The molecule has 0 saturated carbocycles. The van der Waals surface area contributed by atoms with Gasteiger partial charge >= 0.3 is 11.6 Å². The highest BCUT2D eigenvalue weighted by Gasteiger charge is 2.13. The van der Waals surface area contributed by atoms with E-state index in [0.717, 1.165) is 10.9 Å². The van der Waals surface area contributed by atoms with E-state index in [-0.39, 0.29) is 23.9 Å². The lowest BCUT2D eigenvalue weighted by molar-refractivity contribution is -0.136. The minimum absolute atomic E-state index is 0.127. The van der Waals surface area contributed by atoms with Gasteiger partial charge in [0.2, 0.25) is 0 Å². The van der Waals surface area contributed by atoms with Crippen molar-refractivity contribution in [3.8, 4) is 17.2 Å². The summed E-state index contributed by atoms with van der Waals surface area (Å²) in [6.45, 7) is 2.88. The number of fused-ring (bicyclic) bond motifs is 1. The molecule has 7 heteroatoms. The van der Waals surface area contributed by atoms with Crippen molar-refractivity contribution in [1.82, 2.24) is 0 Å². The third kappa shape index (κ3) is 4.20. The number of aryl methyl sites for hydroxylation is 1. The minimum atomic E-state index is -0.653. The van der Waals surface area contributed by atoms with Gasteiger partial charge in [0.15, 0.2) is 23.9 Å². The van der Waals surface area contributed by atoms with Gasteiger partial charge in [0.05, 0.1) is 7.11 Å². The van der Waals surface area contributed by atoms with Crippen LogP contribution in [-0.4, -0.2) is 25.5 Å². The van der Waals surface area contributed by atoms with Gasteiger partial charge in [0.25, 0.3) is 0 Å². The Morgan fingerprint density at radius 1 is 1.04 bits per heavy atom. The fourth-order valence-corrected chi connectivity index (χ4v) is 2.66. The normalized spacial score (nSPS) is 10.5. The highest BCUT2D eigenvalue weighted by Crippen LogP contribution is 2.28. The van der Waals surface area contributed by atoms with Crippen LogP contribution in [-0.2, 0) is 4.79 Å². The van der Waals surface area contributed by atoms with Gasteiger partial charge in [-0.1, -0.05) is 0 Å². The van der Waals surface area contributed by atoms with Gasteiger partial charge < -0.3 is 18.6 Å². The molecule has 0 N–H and O–H groups in total. The summed E-state index contributed by atoms with van der Waals surface area (Å²) in [5.74, 6) is 0.0275. The standard InChI is InChI=1S/C21H18O7/c1-12-8-20(23)28-18-10-15(5-6-16(12)18)26-11-21(24)27-17-7-4-14(13(2)22)9-19(17)25-3/h4-10H,11H2,1-3H3. The van der Waals surface area contributed by atoms with Crippen molar-refractivity contribution in [3.63, 3.8) is 0 Å². The Balaban J connectivity index is 1.70. The van der Waals surface area contributed by atoms with Crippen LogP contribution in [0, 0.1) is 6.92 Å². The second-order valence-electron chi connectivity index (χ2n) is 6.09. The first-order valence-electron chi connectivity index (χ1n) is 8.44. The topological polar surface area (TPSA) is 92.0 Å². The molecule has 1 heterocycles. The van der Waals surface area contributed by atoms with Crippen LogP contribution in [0.3, 0.4) is 0 Å². The van der Waals surface area contributed by atoms with Gasteiger partial charge in [0.1, 0.15) is 11.3 Å². The molecule has 0 aliphatic heterocycles. The van der Waals surface area contributed by atoms with E-state index in [0.29, 0.717) is 16.9 Å². The zero-order chi connectivity index (χ0) is 20.3. The van der Waals surface area contributed by atoms with E-state index in [1.807, 2.05) is 6.92 Å². The smallest absolute Gasteiger partial charge is 0.349 e.